The summed E-state index contributed by atoms with van der Waals surface area (Å²) in [4.78, 5) is 0. The van der Waals surface area contributed by atoms with E-state index in [4.69, 9.17) is 4.74 Å². The van der Waals surface area contributed by atoms with Crippen molar-refractivity contribution in [3.05, 3.63) is 0 Å². The second-order valence-electron chi connectivity index (χ2n) is 3.08. The molecule has 74 valence electrons. The minimum Gasteiger partial charge on any atom is -0.369 e. The van der Waals surface area contributed by atoms with E-state index in [1.807, 2.05) is 0 Å². The molecule has 0 aliphatic rings. The Balaban J connectivity index is 4.05. The Kier molecular flexibility index (Phi) is 4.60. The first-order chi connectivity index (χ1) is 5.39. The Hall–Kier alpha value is -0.250. The van der Waals surface area contributed by atoms with Gasteiger partial charge in [-0.15, -0.1) is 0 Å². The Morgan fingerprint density at radius 2 is 1.75 bits per heavy atom. The van der Waals surface area contributed by atoms with Crippen LogP contribution in [0.1, 0.15) is 27.2 Å². The van der Waals surface area contributed by atoms with Gasteiger partial charge in [0, 0.05) is 6.61 Å². The van der Waals surface area contributed by atoms with Crippen molar-refractivity contribution >= 4 is 0 Å². The van der Waals surface area contributed by atoms with E-state index in [0.29, 0.717) is 6.42 Å². The van der Waals surface area contributed by atoms with Crippen molar-refractivity contribution in [1.82, 2.24) is 0 Å². The second kappa shape index (κ2) is 4.70. The molecule has 0 aromatic carbocycles. The van der Waals surface area contributed by atoms with Crippen molar-refractivity contribution in [2.75, 3.05) is 6.61 Å². The third-order valence-corrected chi connectivity index (χ3v) is 1.43. The summed E-state index contributed by atoms with van der Waals surface area (Å²) in [6, 6.07) is 0. The summed E-state index contributed by atoms with van der Waals surface area (Å²) in [5, 5.41) is 0. The van der Waals surface area contributed by atoms with E-state index in [0.717, 1.165) is 0 Å². The van der Waals surface area contributed by atoms with Gasteiger partial charge in [0.1, 0.15) is 0 Å². The first-order valence-electron chi connectivity index (χ1n) is 4.08. The summed E-state index contributed by atoms with van der Waals surface area (Å²) in [7, 11) is 0. The SMILES string of the molecule is CCCOC(C(C)C)C(F)(F)F. The van der Waals surface area contributed by atoms with Crippen LogP contribution in [0, 0.1) is 5.92 Å². The Labute approximate surface area is 70.9 Å². The van der Waals surface area contributed by atoms with Crippen LogP contribution < -0.4 is 0 Å². The number of rotatable bonds is 4. The summed E-state index contributed by atoms with van der Waals surface area (Å²) in [6.07, 6.45) is -5.24. The second-order valence-corrected chi connectivity index (χ2v) is 3.08. The van der Waals surface area contributed by atoms with Crippen molar-refractivity contribution < 1.29 is 17.9 Å². The van der Waals surface area contributed by atoms with Gasteiger partial charge in [-0.2, -0.15) is 13.2 Å². The first-order valence-corrected chi connectivity index (χ1v) is 4.08. The van der Waals surface area contributed by atoms with Gasteiger partial charge in [0.05, 0.1) is 0 Å². The molecule has 0 amide bonds. The van der Waals surface area contributed by atoms with Gasteiger partial charge in [-0.1, -0.05) is 20.8 Å². The highest BCUT2D eigenvalue weighted by molar-refractivity contribution is 4.70. The van der Waals surface area contributed by atoms with Crippen LogP contribution in [0.4, 0.5) is 13.2 Å². The average molecular weight is 184 g/mol. The van der Waals surface area contributed by atoms with Gasteiger partial charge < -0.3 is 4.74 Å². The van der Waals surface area contributed by atoms with Crippen LogP contribution in [-0.4, -0.2) is 18.9 Å². The fourth-order valence-electron chi connectivity index (χ4n) is 0.910. The van der Waals surface area contributed by atoms with Gasteiger partial charge in [0.25, 0.3) is 0 Å². The van der Waals surface area contributed by atoms with E-state index in [1.165, 1.54) is 13.8 Å². The van der Waals surface area contributed by atoms with Gasteiger partial charge in [-0.05, 0) is 12.3 Å². The van der Waals surface area contributed by atoms with Crippen molar-refractivity contribution in [1.29, 1.82) is 0 Å². The maximum Gasteiger partial charge on any atom is 0.414 e. The molecule has 0 saturated carbocycles. The van der Waals surface area contributed by atoms with Crippen LogP contribution in [-0.2, 0) is 4.74 Å². The third kappa shape index (κ3) is 3.95. The molecular formula is C8H15F3O. The first kappa shape index (κ1) is 11.8. The summed E-state index contributed by atoms with van der Waals surface area (Å²) in [5.74, 6) is -0.517. The van der Waals surface area contributed by atoms with E-state index >= 15 is 0 Å². The highest BCUT2D eigenvalue weighted by Gasteiger charge is 2.42. The lowest BCUT2D eigenvalue weighted by Crippen LogP contribution is -2.36. The van der Waals surface area contributed by atoms with E-state index in [9.17, 15) is 13.2 Å². The van der Waals surface area contributed by atoms with Crippen LogP contribution in [0.3, 0.4) is 0 Å². The molecule has 0 aromatic heterocycles. The minimum absolute atomic E-state index is 0.169. The molecule has 0 rings (SSSR count). The lowest BCUT2D eigenvalue weighted by atomic mass is 10.1. The van der Waals surface area contributed by atoms with Gasteiger partial charge >= 0.3 is 6.18 Å². The van der Waals surface area contributed by atoms with Crippen LogP contribution in [0.15, 0.2) is 0 Å². The molecule has 0 saturated heterocycles. The number of hydrogen-bond acceptors (Lipinski definition) is 1. The predicted octanol–water partition coefficient (Wildman–Crippen LogP) is 3.00. The van der Waals surface area contributed by atoms with E-state index in [-0.39, 0.29) is 6.61 Å². The van der Waals surface area contributed by atoms with Crippen molar-refractivity contribution in [3.63, 3.8) is 0 Å². The van der Waals surface area contributed by atoms with Crippen LogP contribution in [0.5, 0.6) is 0 Å². The molecule has 1 unspecified atom stereocenters. The molecule has 0 heterocycles. The molecule has 0 fully saturated rings. The third-order valence-electron chi connectivity index (χ3n) is 1.43. The summed E-state index contributed by atoms with van der Waals surface area (Å²) in [5.41, 5.74) is 0. The maximum atomic E-state index is 12.2. The zero-order valence-corrected chi connectivity index (χ0v) is 7.61. The van der Waals surface area contributed by atoms with E-state index in [1.54, 1.807) is 6.92 Å². The molecule has 0 aromatic rings. The minimum atomic E-state index is -4.23. The molecule has 0 spiro atoms. The maximum absolute atomic E-state index is 12.2. The summed E-state index contributed by atoms with van der Waals surface area (Å²) in [6.45, 7) is 4.97. The molecule has 1 atom stereocenters. The van der Waals surface area contributed by atoms with Crippen LogP contribution in [0.2, 0.25) is 0 Å². The zero-order chi connectivity index (χ0) is 9.78. The van der Waals surface area contributed by atoms with Crippen LogP contribution >= 0.6 is 0 Å². The predicted molar refractivity (Wildman–Crippen MR) is 40.9 cm³/mol. The zero-order valence-electron chi connectivity index (χ0n) is 7.61. The van der Waals surface area contributed by atoms with Gasteiger partial charge in [-0.25, -0.2) is 0 Å². The Morgan fingerprint density at radius 3 is 2.00 bits per heavy atom. The highest BCUT2D eigenvalue weighted by Crippen LogP contribution is 2.28. The molecule has 4 heteroatoms. The molecule has 0 aliphatic carbocycles. The smallest absolute Gasteiger partial charge is 0.369 e. The fourth-order valence-corrected chi connectivity index (χ4v) is 0.910. The van der Waals surface area contributed by atoms with E-state index in [2.05, 4.69) is 0 Å². The normalized spacial score (nSPS) is 15.2. The molecule has 0 N–H and O–H groups in total. The van der Waals surface area contributed by atoms with Crippen molar-refractivity contribution in [2.24, 2.45) is 5.92 Å². The van der Waals surface area contributed by atoms with Gasteiger partial charge in [-0.3, -0.25) is 0 Å². The molecule has 12 heavy (non-hydrogen) atoms. The van der Waals surface area contributed by atoms with Gasteiger partial charge in [0.2, 0.25) is 0 Å². The standard InChI is InChI=1S/C8H15F3O/c1-4-5-12-7(6(2)3)8(9,10)11/h6-7H,4-5H2,1-3H3. The Morgan fingerprint density at radius 1 is 1.25 bits per heavy atom. The molecule has 0 radical (unpaired) electrons. The summed E-state index contributed by atoms with van der Waals surface area (Å²) < 4.78 is 41.2. The number of ether oxygens (including phenoxy) is 1. The largest absolute Gasteiger partial charge is 0.414 e. The lowest BCUT2D eigenvalue weighted by Gasteiger charge is -2.23. The van der Waals surface area contributed by atoms with Gasteiger partial charge in [0.15, 0.2) is 6.10 Å². The molecule has 0 aliphatic heterocycles. The number of hydrogen-bond donors (Lipinski definition) is 0. The quantitative estimate of drug-likeness (QED) is 0.652. The average Bonchev–Trinajstić information content (AvgIpc) is 1.84. The van der Waals surface area contributed by atoms with E-state index < -0.39 is 18.2 Å². The fraction of sp³-hybridized carbons (Fsp3) is 1.00. The number of halogens is 3. The van der Waals surface area contributed by atoms with Crippen LogP contribution in [0.25, 0.3) is 0 Å². The van der Waals surface area contributed by atoms with Crippen molar-refractivity contribution in [3.8, 4) is 0 Å². The monoisotopic (exact) mass is 184 g/mol. The molecule has 0 bridgehead atoms. The highest BCUT2D eigenvalue weighted by atomic mass is 19.4. The van der Waals surface area contributed by atoms with Crippen molar-refractivity contribution in [2.45, 2.75) is 39.5 Å². The summed E-state index contributed by atoms with van der Waals surface area (Å²) >= 11 is 0. The number of alkyl halides is 3. The molecule has 1 nitrogen and oxygen atoms in total. The topological polar surface area (TPSA) is 9.23 Å². The Bertz CT molecular complexity index is 120. The molecular weight excluding hydrogens is 169 g/mol. The lowest BCUT2D eigenvalue weighted by molar-refractivity contribution is -0.232.